The van der Waals surface area contributed by atoms with Gasteiger partial charge in [0, 0.05) is 19.6 Å². The second kappa shape index (κ2) is 5.12. The van der Waals surface area contributed by atoms with Gasteiger partial charge in [-0.15, -0.1) is 0 Å². The predicted molar refractivity (Wildman–Crippen MR) is 64.6 cm³/mol. The Balaban J connectivity index is 2.27. The summed E-state index contributed by atoms with van der Waals surface area (Å²) in [6, 6.07) is 2.57. The Morgan fingerprint density at radius 1 is 1.28 bits per heavy atom. The quantitative estimate of drug-likeness (QED) is 0.745. The van der Waals surface area contributed by atoms with E-state index in [0.29, 0.717) is 6.54 Å². The summed E-state index contributed by atoms with van der Waals surface area (Å²) in [6.07, 6.45) is 0. The molecule has 2 rings (SSSR count). The average Bonchev–Trinajstić information content (AvgIpc) is 2.34. The van der Waals surface area contributed by atoms with Crippen molar-refractivity contribution < 1.29 is 13.6 Å². The molecule has 98 valence electrons. The molecular weight excluding hydrogens is 238 g/mol. The van der Waals surface area contributed by atoms with Crippen molar-refractivity contribution in [2.45, 2.75) is 6.04 Å². The molecule has 0 N–H and O–H groups in total. The molecule has 1 saturated heterocycles. The first-order valence-electron chi connectivity index (χ1n) is 5.87. The van der Waals surface area contributed by atoms with Gasteiger partial charge in [-0.1, -0.05) is 0 Å². The van der Waals surface area contributed by atoms with E-state index < -0.39 is 17.7 Å². The molecule has 0 radical (unpaired) electrons. The minimum atomic E-state index is -0.664. The minimum Gasteiger partial charge on any atom is -0.303 e. The fourth-order valence-corrected chi connectivity index (χ4v) is 2.16. The SMILES string of the molecule is CN1CCN(C)C(C(=O)c2cc(F)ccc2F)C1. The van der Waals surface area contributed by atoms with Gasteiger partial charge >= 0.3 is 0 Å². The van der Waals surface area contributed by atoms with E-state index in [1.807, 2.05) is 23.9 Å². The van der Waals surface area contributed by atoms with Gasteiger partial charge < -0.3 is 4.90 Å². The maximum Gasteiger partial charge on any atom is 0.184 e. The van der Waals surface area contributed by atoms with Crippen molar-refractivity contribution in [3.63, 3.8) is 0 Å². The van der Waals surface area contributed by atoms with E-state index in [4.69, 9.17) is 0 Å². The van der Waals surface area contributed by atoms with E-state index in [9.17, 15) is 13.6 Å². The molecule has 1 aliphatic rings. The summed E-state index contributed by atoms with van der Waals surface area (Å²) in [5.74, 6) is -1.62. The number of rotatable bonds is 2. The average molecular weight is 254 g/mol. The molecule has 0 saturated carbocycles. The normalized spacial score (nSPS) is 22.1. The fourth-order valence-electron chi connectivity index (χ4n) is 2.16. The number of halogens is 2. The summed E-state index contributed by atoms with van der Waals surface area (Å²) in [4.78, 5) is 16.1. The van der Waals surface area contributed by atoms with Gasteiger partial charge in [-0.25, -0.2) is 8.78 Å². The number of nitrogens with zero attached hydrogens (tertiary/aromatic N) is 2. The van der Waals surface area contributed by atoms with Crippen LogP contribution in [0.15, 0.2) is 18.2 Å². The second-order valence-corrected chi connectivity index (χ2v) is 4.75. The zero-order chi connectivity index (χ0) is 13.3. The molecule has 3 nitrogen and oxygen atoms in total. The Labute approximate surface area is 105 Å². The zero-order valence-corrected chi connectivity index (χ0v) is 10.5. The Morgan fingerprint density at radius 2 is 2.00 bits per heavy atom. The van der Waals surface area contributed by atoms with Gasteiger partial charge in [0.2, 0.25) is 0 Å². The monoisotopic (exact) mass is 254 g/mol. The van der Waals surface area contributed by atoms with Crippen molar-refractivity contribution in [1.82, 2.24) is 9.80 Å². The number of carbonyl (C=O) groups is 1. The minimum absolute atomic E-state index is 0.165. The molecule has 1 aliphatic heterocycles. The lowest BCUT2D eigenvalue weighted by molar-refractivity contribution is 0.0682. The topological polar surface area (TPSA) is 23.6 Å². The largest absolute Gasteiger partial charge is 0.303 e. The van der Waals surface area contributed by atoms with Gasteiger partial charge in [-0.05, 0) is 32.3 Å². The number of hydrogen-bond acceptors (Lipinski definition) is 3. The van der Waals surface area contributed by atoms with Crippen LogP contribution in [0.3, 0.4) is 0 Å². The summed E-state index contributed by atoms with van der Waals surface area (Å²) in [6.45, 7) is 2.14. The molecule has 0 aliphatic carbocycles. The molecule has 1 aromatic rings. The fraction of sp³-hybridized carbons (Fsp3) is 0.462. The Morgan fingerprint density at radius 3 is 2.72 bits per heavy atom. The highest BCUT2D eigenvalue weighted by Gasteiger charge is 2.30. The molecule has 1 fully saturated rings. The van der Waals surface area contributed by atoms with Crippen LogP contribution in [-0.2, 0) is 0 Å². The highest BCUT2D eigenvalue weighted by atomic mass is 19.1. The van der Waals surface area contributed by atoms with Crippen molar-refractivity contribution in [2.75, 3.05) is 33.7 Å². The van der Waals surface area contributed by atoms with E-state index in [0.717, 1.165) is 31.3 Å². The van der Waals surface area contributed by atoms with Gasteiger partial charge in [-0.3, -0.25) is 9.69 Å². The predicted octanol–water partition coefficient (Wildman–Crippen LogP) is 1.39. The Hall–Kier alpha value is -1.33. The number of ketones is 1. The van der Waals surface area contributed by atoms with Crippen LogP contribution in [0.1, 0.15) is 10.4 Å². The van der Waals surface area contributed by atoms with Crippen LogP contribution in [0.5, 0.6) is 0 Å². The third-order valence-corrected chi connectivity index (χ3v) is 3.35. The van der Waals surface area contributed by atoms with Crippen LogP contribution in [0.2, 0.25) is 0 Å². The van der Waals surface area contributed by atoms with Gasteiger partial charge in [0.1, 0.15) is 11.6 Å². The third kappa shape index (κ3) is 2.57. The summed E-state index contributed by atoms with van der Waals surface area (Å²) in [7, 11) is 3.74. The van der Waals surface area contributed by atoms with Gasteiger partial charge in [0.15, 0.2) is 5.78 Å². The van der Waals surface area contributed by atoms with Gasteiger partial charge in [0.05, 0.1) is 11.6 Å². The molecule has 5 heteroatoms. The number of carbonyl (C=O) groups excluding carboxylic acids is 1. The van der Waals surface area contributed by atoms with Gasteiger partial charge in [0.25, 0.3) is 0 Å². The highest BCUT2D eigenvalue weighted by Crippen LogP contribution is 2.16. The Kier molecular flexibility index (Phi) is 3.73. The second-order valence-electron chi connectivity index (χ2n) is 4.75. The van der Waals surface area contributed by atoms with E-state index in [-0.39, 0.29) is 11.3 Å². The van der Waals surface area contributed by atoms with E-state index >= 15 is 0 Å². The van der Waals surface area contributed by atoms with Crippen LogP contribution < -0.4 is 0 Å². The molecule has 1 atom stereocenters. The maximum atomic E-state index is 13.6. The van der Waals surface area contributed by atoms with Crippen LogP contribution >= 0.6 is 0 Å². The molecule has 1 heterocycles. The zero-order valence-electron chi connectivity index (χ0n) is 10.5. The van der Waals surface area contributed by atoms with E-state index in [2.05, 4.69) is 0 Å². The Bertz CT molecular complexity index is 464. The van der Waals surface area contributed by atoms with E-state index in [1.54, 1.807) is 0 Å². The lowest BCUT2D eigenvalue weighted by Crippen LogP contribution is -2.53. The van der Waals surface area contributed by atoms with E-state index in [1.165, 1.54) is 0 Å². The number of likely N-dealkylation sites (N-methyl/N-ethyl adjacent to an activating group) is 2. The number of hydrogen-bond donors (Lipinski definition) is 0. The standard InChI is InChI=1S/C13H16F2N2O/c1-16-5-6-17(2)12(8-16)13(18)10-7-9(14)3-4-11(10)15/h3-4,7,12H,5-6,8H2,1-2H3. The highest BCUT2D eigenvalue weighted by molar-refractivity contribution is 6.00. The summed E-state index contributed by atoms with van der Waals surface area (Å²) < 4.78 is 26.7. The molecule has 0 amide bonds. The molecule has 0 spiro atoms. The third-order valence-electron chi connectivity index (χ3n) is 3.35. The molecule has 1 aromatic carbocycles. The van der Waals surface area contributed by atoms with Crippen molar-refractivity contribution in [3.8, 4) is 0 Å². The molecule has 18 heavy (non-hydrogen) atoms. The first-order chi connectivity index (χ1) is 8.49. The first kappa shape index (κ1) is 13.1. The molecule has 0 bridgehead atoms. The summed E-state index contributed by atoms with van der Waals surface area (Å²) in [5.41, 5.74) is -0.165. The van der Waals surface area contributed by atoms with Crippen LogP contribution in [-0.4, -0.2) is 55.4 Å². The van der Waals surface area contributed by atoms with Crippen LogP contribution in [0.4, 0.5) is 8.78 Å². The smallest absolute Gasteiger partial charge is 0.184 e. The van der Waals surface area contributed by atoms with Crippen LogP contribution in [0, 0.1) is 11.6 Å². The van der Waals surface area contributed by atoms with Crippen molar-refractivity contribution in [2.24, 2.45) is 0 Å². The number of Topliss-reactive ketones (excluding diaryl/α,β-unsaturated/α-hetero) is 1. The van der Waals surface area contributed by atoms with Crippen molar-refractivity contribution in [1.29, 1.82) is 0 Å². The van der Waals surface area contributed by atoms with Gasteiger partial charge in [-0.2, -0.15) is 0 Å². The molecular formula is C13H16F2N2O. The van der Waals surface area contributed by atoms with Crippen molar-refractivity contribution in [3.05, 3.63) is 35.4 Å². The lowest BCUT2D eigenvalue weighted by atomic mass is 10.0. The maximum absolute atomic E-state index is 13.6. The molecule has 0 aromatic heterocycles. The lowest BCUT2D eigenvalue weighted by Gasteiger charge is -2.36. The summed E-state index contributed by atoms with van der Waals surface area (Å²) in [5, 5.41) is 0. The number of piperazine rings is 1. The first-order valence-corrected chi connectivity index (χ1v) is 5.87. The van der Waals surface area contributed by atoms with Crippen LogP contribution in [0.25, 0.3) is 0 Å². The number of benzene rings is 1. The summed E-state index contributed by atoms with van der Waals surface area (Å²) >= 11 is 0. The van der Waals surface area contributed by atoms with Crippen molar-refractivity contribution >= 4 is 5.78 Å². The molecule has 1 unspecified atom stereocenters.